The van der Waals surface area contributed by atoms with E-state index < -0.39 is 0 Å². The van der Waals surface area contributed by atoms with E-state index in [9.17, 15) is 0 Å². The Bertz CT molecular complexity index is 604. The molecule has 0 spiro atoms. The van der Waals surface area contributed by atoms with Crippen LogP contribution in [0.25, 0.3) is 0 Å². The van der Waals surface area contributed by atoms with Crippen molar-refractivity contribution in [2.75, 3.05) is 25.0 Å². The van der Waals surface area contributed by atoms with Gasteiger partial charge in [0.2, 0.25) is 5.89 Å². The molecule has 0 aliphatic carbocycles. The Morgan fingerprint density at radius 2 is 2.09 bits per heavy atom. The van der Waals surface area contributed by atoms with Crippen molar-refractivity contribution >= 4 is 5.82 Å². The number of aromatic nitrogens is 3. The quantitative estimate of drug-likeness (QED) is 0.845. The summed E-state index contributed by atoms with van der Waals surface area (Å²) < 4.78 is 5.35. The highest BCUT2D eigenvalue weighted by Crippen LogP contribution is 2.21. The second-order valence-corrected chi connectivity index (χ2v) is 6.51. The summed E-state index contributed by atoms with van der Waals surface area (Å²) in [4.78, 5) is 13.6. The van der Waals surface area contributed by atoms with Crippen LogP contribution in [0.15, 0.2) is 28.9 Å². The molecule has 0 unspecified atom stereocenters. The molecule has 124 valence electrons. The molecule has 0 aromatic carbocycles. The molecule has 1 saturated heterocycles. The first kappa shape index (κ1) is 15.9. The van der Waals surface area contributed by atoms with Gasteiger partial charge in [-0.1, -0.05) is 25.1 Å². The van der Waals surface area contributed by atoms with Crippen LogP contribution < -0.4 is 4.90 Å². The van der Waals surface area contributed by atoms with Crippen molar-refractivity contribution in [2.45, 2.75) is 45.2 Å². The van der Waals surface area contributed by atoms with E-state index in [-0.39, 0.29) is 0 Å². The Balaban J connectivity index is 1.52. The van der Waals surface area contributed by atoms with Gasteiger partial charge >= 0.3 is 0 Å². The van der Waals surface area contributed by atoms with Crippen LogP contribution in [0.5, 0.6) is 0 Å². The van der Waals surface area contributed by atoms with E-state index in [2.05, 4.69) is 51.9 Å². The summed E-state index contributed by atoms with van der Waals surface area (Å²) in [5.41, 5.74) is 0. The third kappa shape index (κ3) is 3.88. The minimum atomic E-state index is 0.310. The standard InChI is InChI=1S/C17H25N5O/c1-13(2)17-19-16(23-20-17)12-22-10-7-14(8-11-22)21(3)15-6-4-5-9-18-15/h4-6,9,13-14H,7-8,10-12H2,1-3H3. The molecule has 3 rings (SSSR count). The van der Waals surface area contributed by atoms with Crippen molar-refractivity contribution in [1.29, 1.82) is 0 Å². The van der Waals surface area contributed by atoms with Crippen molar-refractivity contribution < 1.29 is 4.52 Å². The summed E-state index contributed by atoms with van der Waals surface area (Å²) in [5, 5.41) is 4.03. The van der Waals surface area contributed by atoms with E-state index in [1.807, 2.05) is 18.3 Å². The molecule has 3 heterocycles. The van der Waals surface area contributed by atoms with Crippen molar-refractivity contribution in [1.82, 2.24) is 20.0 Å². The first-order valence-electron chi connectivity index (χ1n) is 8.32. The fourth-order valence-electron chi connectivity index (χ4n) is 2.97. The molecule has 23 heavy (non-hydrogen) atoms. The lowest BCUT2D eigenvalue weighted by Gasteiger charge is -2.36. The predicted molar refractivity (Wildman–Crippen MR) is 89.3 cm³/mol. The Kier molecular flexibility index (Phi) is 4.91. The number of likely N-dealkylation sites (tertiary alicyclic amines) is 1. The summed E-state index contributed by atoms with van der Waals surface area (Å²) in [6, 6.07) is 6.60. The van der Waals surface area contributed by atoms with Gasteiger partial charge in [-0.15, -0.1) is 0 Å². The first-order valence-corrected chi connectivity index (χ1v) is 8.32. The minimum absolute atomic E-state index is 0.310. The van der Waals surface area contributed by atoms with Gasteiger partial charge in [-0.05, 0) is 25.0 Å². The fourth-order valence-corrected chi connectivity index (χ4v) is 2.97. The van der Waals surface area contributed by atoms with Gasteiger partial charge in [0.25, 0.3) is 0 Å². The SMILES string of the molecule is CC(C)c1noc(CN2CCC(N(C)c3ccccn3)CC2)n1. The van der Waals surface area contributed by atoms with Gasteiger partial charge in [0.1, 0.15) is 5.82 Å². The molecule has 0 atom stereocenters. The molecule has 1 fully saturated rings. The van der Waals surface area contributed by atoms with Crippen LogP contribution in [-0.2, 0) is 6.54 Å². The maximum atomic E-state index is 5.35. The summed E-state index contributed by atoms with van der Waals surface area (Å²) in [6.07, 6.45) is 4.10. The smallest absolute Gasteiger partial charge is 0.240 e. The molecule has 2 aromatic rings. The summed E-state index contributed by atoms with van der Waals surface area (Å²) in [7, 11) is 2.13. The highest BCUT2D eigenvalue weighted by Gasteiger charge is 2.24. The molecule has 2 aromatic heterocycles. The topological polar surface area (TPSA) is 58.3 Å². The lowest BCUT2D eigenvalue weighted by Crippen LogP contribution is -2.43. The van der Waals surface area contributed by atoms with Gasteiger partial charge in [-0.3, -0.25) is 4.90 Å². The van der Waals surface area contributed by atoms with E-state index in [0.29, 0.717) is 12.0 Å². The number of pyridine rings is 1. The largest absolute Gasteiger partial charge is 0.357 e. The van der Waals surface area contributed by atoms with Crippen molar-refractivity contribution in [3.05, 3.63) is 36.1 Å². The second-order valence-electron chi connectivity index (χ2n) is 6.51. The predicted octanol–water partition coefficient (Wildman–Crippen LogP) is 2.69. The Morgan fingerprint density at radius 1 is 1.30 bits per heavy atom. The third-order valence-electron chi connectivity index (χ3n) is 4.47. The molecule has 6 nitrogen and oxygen atoms in total. The maximum Gasteiger partial charge on any atom is 0.240 e. The lowest BCUT2D eigenvalue weighted by molar-refractivity contribution is 0.180. The van der Waals surface area contributed by atoms with Gasteiger partial charge in [0, 0.05) is 38.3 Å². The summed E-state index contributed by atoms with van der Waals surface area (Å²) in [5.74, 6) is 2.88. The van der Waals surface area contributed by atoms with E-state index >= 15 is 0 Å². The Labute approximate surface area is 137 Å². The van der Waals surface area contributed by atoms with Crippen LogP contribution in [0.2, 0.25) is 0 Å². The molecule has 0 bridgehead atoms. The average molecular weight is 315 g/mol. The van der Waals surface area contributed by atoms with E-state index in [0.717, 1.165) is 50.0 Å². The van der Waals surface area contributed by atoms with Gasteiger partial charge < -0.3 is 9.42 Å². The van der Waals surface area contributed by atoms with Gasteiger partial charge in [-0.2, -0.15) is 4.98 Å². The van der Waals surface area contributed by atoms with E-state index in [4.69, 9.17) is 4.52 Å². The zero-order chi connectivity index (χ0) is 16.2. The van der Waals surface area contributed by atoms with Gasteiger partial charge in [-0.25, -0.2) is 4.98 Å². The van der Waals surface area contributed by atoms with Crippen LogP contribution in [0, 0.1) is 0 Å². The number of hydrogen-bond donors (Lipinski definition) is 0. The number of hydrogen-bond acceptors (Lipinski definition) is 6. The van der Waals surface area contributed by atoms with Crippen LogP contribution >= 0.6 is 0 Å². The van der Waals surface area contributed by atoms with E-state index in [1.54, 1.807) is 0 Å². The van der Waals surface area contributed by atoms with Crippen molar-refractivity contribution in [3.63, 3.8) is 0 Å². The summed E-state index contributed by atoms with van der Waals surface area (Å²) in [6.45, 7) is 6.99. The molecule has 1 aliphatic heterocycles. The van der Waals surface area contributed by atoms with Crippen molar-refractivity contribution in [3.8, 4) is 0 Å². The van der Waals surface area contributed by atoms with Crippen LogP contribution in [-0.4, -0.2) is 46.2 Å². The van der Waals surface area contributed by atoms with Gasteiger partial charge in [0.05, 0.1) is 6.54 Å². The maximum absolute atomic E-state index is 5.35. The first-order chi connectivity index (χ1) is 11.1. The number of rotatable bonds is 5. The summed E-state index contributed by atoms with van der Waals surface area (Å²) >= 11 is 0. The zero-order valence-corrected chi connectivity index (χ0v) is 14.1. The molecular formula is C17H25N5O. The van der Waals surface area contributed by atoms with E-state index in [1.165, 1.54) is 0 Å². The number of nitrogens with zero attached hydrogens (tertiary/aromatic N) is 5. The third-order valence-corrected chi connectivity index (χ3v) is 4.47. The molecule has 0 saturated carbocycles. The van der Waals surface area contributed by atoms with Crippen molar-refractivity contribution in [2.24, 2.45) is 0 Å². The lowest BCUT2D eigenvalue weighted by atomic mass is 10.0. The molecular weight excluding hydrogens is 290 g/mol. The highest BCUT2D eigenvalue weighted by molar-refractivity contribution is 5.38. The monoisotopic (exact) mass is 315 g/mol. The Hall–Kier alpha value is -1.95. The highest BCUT2D eigenvalue weighted by atomic mass is 16.5. The zero-order valence-electron chi connectivity index (χ0n) is 14.1. The fraction of sp³-hybridized carbons (Fsp3) is 0.588. The number of piperidine rings is 1. The number of anilines is 1. The van der Waals surface area contributed by atoms with Crippen LogP contribution in [0.1, 0.15) is 44.3 Å². The normalized spacial score (nSPS) is 16.9. The van der Waals surface area contributed by atoms with Crippen LogP contribution in [0.3, 0.4) is 0 Å². The Morgan fingerprint density at radius 3 is 2.70 bits per heavy atom. The molecule has 1 aliphatic rings. The van der Waals surface area contributed by atoms with Crippen LogP contribution in [0.4, 0.5) is 5.82 Å². The second kappa shape index (κ2) is 7.08. The molecule has 0 N–H and O–H groups in total. The molecule has 6 heteroatoms. The molecule has 0 radical (unpaired) electrons. The molecule has 0 amide bonds. The minimum Gasteiger partial charge on any atom is -0.357 e. The van der Waals surface area contributed by atoms with Gasteiger partial charge in [0.15, 0.2) is 5.82 Å². The average Bonchev–Trinajstić information content (AvgIpc) is 3.04.